The number of hydrogen-bond donors (Lipinski definition) is 1. The number of anilines is 1. The molecule has 1 N–H and O–H groups in total. The summed E-state index contributed by atoms with van der Waals surface area (Å²) in [7, 11) is 3.17. The molecule has 4 rings (SSSR count). The number of hydrogen-bond acceptors (Lipinski definition) is 5. The largest absolute Gasteiger partial charge is 0.497 e. The van der Waals surface area contributed by atoms with E-state index in [-0.39, 0.29) is 24.5 Å². The van der Waals surface area contributed by atoms with Crippen LogP contribution in [0.2, 0.25) is 0 Å². The number of benzene rings is 3. The van der Waals surface area contributed by atoms with Gasteiger partial charge in [-0.25, -0.2) is 9.18 Å². The Kier molecular flexibility index (Phi) is 7.27. The average molecular weight is 464 g/mol. The normalized spacial score (nSPS) is 14.7. The fraction of sp³-hybridized carbons (Fsp3) is 0.231. The molecular formula is C26H26FN3O4. The Morgan fingerprint density at radius 2 is 1.79 bits per heavy atom. The molecule has 0 fully saturated rings. The molecular weight excluding hydrogens is 437 g/mol. The first-order valence-corrected chi connectivity index (χ1v) is 10.9. The molecule has 2 amide bonds. The molecule has 1 atom stereocenters. The maximum absolute atomic E-state index is 13.4. The molecule has 0 bridgehead atoms. The van der Waals surface area contributed by atoms with Gasteiger partial charge in [0, 0.05) is 13.0 Å². The van der Waals surface area contributed by atoms with Crippen LogP contribution in [0.3, 0.4) is 0 Å². The first-order valence-electron chi connectivity index (χ1n) is 10.9. The Morgan fingerprint density at radius 1 is 1.06 bits per heavy atom. The zero-order valence-corrected chi connectivity index (χ0v) is 19.0. The van der Waals surface area contributed by atoms with Gasteiger partial charge in [0.25, 0.3) is 0 Å². The van der Waals surface area contributed by atoms with Crippen molar-refractivity contribution in [2.45, 2.75) is 19.1 Å². The third kappa shape index (κ3) is 5.64. The molecule has 0 saturated carbocycles. The van der Waals surface area contributed by atoms with Gasteiger partial charge in [0.15, 0.2) is 6.10 Å². The molecule has 1 aliphatic heterocycles. The van der Waals surface area contributed by atoms with Crippen molar-refractivity contribution >= 4 is 17.4 Å². The Balaban J connectivity index is 1.47. The summed E-state index contributed by atoms with van der Waals surface area (Å²) in [5.41, 5.74) is 3.10. The first kappa shape index (κ1) is 23.1. The quantitative estimate of drug-likeness (QED) is 0.506. The SMILES string of the molecule is COc1ccc(C2=NOC(CN(Cc3ccc(F)cc3)C(=O)Nc3ccccc3OC)C2)cc1. The van der Waals surface area contributed by atoms with E-state index in [2.05, 4.69) is 10.5 Å². The van der Waals surface area contributed by atoms with Gasteiger partial charge >= 0.3 is 6.03 Å². The van der Waals surface area contributed by atoms with E-state index in [0.717, 1.165) is 22.6 Å². The number of halogens is 1. The molecule has 1 aliphatic rings. The molecule has 0 saturated heterocycles. The van der Waals surface area contributed by atoms with E-state index in [9.17, 15) is 9.18 Å². The predicted octanol–water partition coefficient (Wildman–Crippen LogP) is 5.07. The number of methoxy groups -OCH3 is 2. The second-order valence-corrected chi connectivity index (χ2v) is 7.84. The zero-order chi connectivity index (χ0) is 23.9. The summed E-state index contributed by atoms with van der Waals surface area (Å²) in [6, 6.07) is 20.5. The van der Waals surface area contributed by atoms with E-state index in [4.69, 9.17) is 14.3 Å². The van der Waals surface area contributed by atoms with Gasteiger partial charge in [-0.3, -0.25) is 0 Å². The molecule has 0 radical (unpaired) electrons. The number of oxime groups is 1. The van der Waals surface area contributed by atoms with E-state index in [1.165, 1.54) is 12.1 Å². The van der Waals surface area contributed by atoms with Crippen molar-refractivity contribution in [3.63, 3.8) is 0 Å². The fourth-order valence-corrected chi connectivity index (χ4v) is 3.70. The Bertz CT molecular complexity index is 1150. The summed E-state index contributed by atoms with van der Waals surface area (Å²) in [6.07, 6.45) is 0.231. The van der Waals surface area contributed by atoms with E-state index in [1.54, 1.807) is 43.4 Å². The molecule has 0 aromatic heterocycles. The minimum atomic E-state index is -0.328. The third-order valence-electron chi connectivity index (χ3n) is 5.50. The van der Waals surface area contributed by atoms with Gasteiger partial charge in [-0.15, -0.1) is 0 Å². The number of nitrogens with zero attached hydrogens (tertiary/aromatic N) is 2. The summed E-state index contributed by atoms with van der Waals surface area (Å²) >= 11 is 0. The van der Waals surface area contributed by atoms with Crippen LogP contribution in [-0.4, -0.2) is 43.5 Å². The average Bonchev–Trinajstić information content (AvgIpc) is 3.34. The van der Waals surface area contributed by atoms with Crippen LogP contribution < -0.4 is 14.8 Å². The second-order valence-electron chi connectivity index (χ2n) is 7.84. The highest BCUT2D eigenvalue weighted by Crippen LogP contribution is 2.25. The van der Waals surface area contributed by atoms with Crippen LogP contribution in [0.25, 0.3) is 0 Å². The van der Waals surface area contributed by atoms with Crippen molar-refractivity contribution in [2.24, 2.45) is 5.16 Å². The van der Waals surface area contributed by atoms with Crippen LogP contribution in [0.4, 0.5) is 14.9 Å². The van der Waals surface area contributed by atoms with Crippen molar-refractivity contribution in [1.29, 1.82) is 0 Å². The summed E-state index contributed by atoms with van der Waals surface area (Å²) in [5, 5.41) is 7.14. The Labute approximate surface area is 197 Å². The molecule has 7 nitrogen and oxygen atoms in total. The molecule has 0 spiro atoms. The molecule has 3 aromatic rings. The summed E-state index contributed by atoms with van der Waals surface area (Å²) in [5.74, 6) is 0.989. The minimum Gasteiger partial charge on any atom is -0.497 e. The Hall–Kier alpha value is -4.07. The van der Waals surface area contributed by atoms with Gasteiger partial charge in [0.2, 0.25) is 0 Å². The zero-order valence-electron chi connectivity index (χ0n) is 19.0. The lowest BCUT2D eigenvalue weighted by atomic mass is 10.0. The van der Waals surface area contributed by atoms with Gasteiger partial charge in [-0.1, -0.05) is 29.4 Å². The molecule has 8 heteroatoms. The number of amides is 2. The number of urea groups is 1. The Morgan fingerprint density at radius 3 is 2.50 bits per heavy atom. The molecule has 1 unspecified atom stereocenters. The molecule has 176 valence electrons. The van der Waals surface area contributed by atoms with Crippen LogP contribution in [0.15, 0.2) is 78.0 Å². The lowest BCUT2D eigenvalue weighted by Gasteiger charge is -2.25. The topological polar surface area (TPSA) is 72.4 Å². The van der Waals surface area contributed by atoms with Crippen LogP contribution in [0, 0.1) is 5.82 Å². The lowest BCUT2D eigenvalue weighted by Crippen LogP contribution is -2.40. The molecule has 0 aliphatic carbocycles. The van der Waals surface area contributed by atoms with Crippen molar-refractivity contribution in [1.82, 2.24) is 4.90 Å². The van der Waals surface area contributed by atoms with Crippen LogP contribution >= 0.6 is 0 Å². The van der Waals surface area contributed by atoms with E-state index in [1.807, 2.05) is 36.4 Å². The van der Waals surface area contributed by atoms with Gasteiger partial charge in [-0.2, -0.15) is 0 Å². The van der Waals surface area contributed by atoms with Crippen LogP contribution in [-0.2, 0) is 11.4 Å². The maximum atomic E-state index is 13.4. The summed E-state index contributed by atoms with van der Waals surface area (Å²) in [6.45, 7) is 0.570. The smallest absolute Gasteiger partial charge is 0.322 e. The van der Waals surface area contributed by atoms with Gasteiger partial charge in [-0.05, 0) is 59.7 Å². The molecule has 34 heavy (non-hydrogen) atoms. The molecule has 3 aromatic carbocycles. The van der Waals surface area contributed by atoms with Gasteiger partial charge in [0.1, 0.15) is 17.3 Å². The third-order valence-corrected chi connectivity index (χ3v) is 5.50. The lowest BCUT2D eigenvalue weighted by molar-refractivity contribution is 0.0608. The highest BCUT2D eigenvalue weighted by atomic mass is 19.1. The number of ether oxygens (including phenoxy) is 2. The highest BCUT2D eigenvalue weighted by molar-refractivity contribution is 6.01. The van der Waals surface area contributed by atoms with Crippen LogP contribution in [0.5, 0.6) is 11.5 Å². The van der Waals surface area contributed by atoms with E-state index >= 15 is 0 Å². The highest BCUT2D eigenvalue weighted by Gasteiger charge is 2.27. The van der Waals surface area contributed by atoms with Gasteiger partial charge < -0.3 is 24.5 Å². The number of carbonyl (C=O) groups is 1. The van der Waals surface area contributed by atoms with Crippen molar-refractivity contribution < 1.29 is 23.5 Å². The number of para-hydroxylation sites is 2. The van der Waals surface area contributed by atoms with Crippen molar-refractivity contribution in [3.8, 4) is 11.5 Å². The maximum Gasteiger partial charge on any atom is 0.322 e. The monoisotopic (exact) mass is 463 g/mol. The number of carbonyl (C=O) groups excluding carboxylic acids is 1. The minimum absolute atomic E-state index is 0.277. The summed E-state index contributed by atoms with van der Waals surface area (Å²) < 4.78 is 23.9. The fourth-order valence-electron chi connectivity index (χ4n) is 3.70. The van der Waals surface area contributed by atoms with Crippen molar-refractivity contribution in [2.75, 3.05) is 26.1 Å². The molecule has 1 heterocycles. The van der Waals surface area contributed by atoms with Crippen molar-refractivity contribution in [3.05, 3.63) is 89.7 Å². The first-order chi connectivity index (χ1) is 16.6. The van der Waals surface area contributed by atoms with Crippen LogP contribution in [0.1, 0.15) is 17.5 Å². The van der Waals surface area contributed by atoms with E-state index < -0.39 is 0 Å². The van der Waals surface area contributed by atoms with E-state index in [0.29, 0.717) is 24.4 Å². The number of rotatable bonds is 8. The van der Waals surface area contributed by atoms with Gasteiger partial charge in [0.05, 0.1) is 32.2 Å². The standard InChI is InChI=1S/C26H26FN3O4/c1-32-21-13-9-19(10-14-21)24-15-22(34-29-24)17-30(16-18-7-11-20(27)12-8-18)26(31)28-23-5-3-4-6-25(23)33-2/h3-14,22H,15-17H2,1-2H3,(H,28,31). The summed E-state index contributed by atoms with van der Waals surface area (Å²) in [4.78, 5) is 20.5. The predicted molar refractivity (Wildman–Crippen MR) is 128 cm³/mol. The second kappa shape index (κ2) is 10.7. The number of nitrogens with one attached hydrogen (secondary N) is 1.